The summed E-state index contributed by atoms with van der Waals surface area (Å²) in [5.41, 5.74) is 2.25. The minimum atomic E-state index is -3.67. The molecule has 1 heterocycles. The van der Waals surface area contributed by atoms with Crippen LogP contribution in [0.1, 0.15) is 30.0 Å². The molecule has 9 heteroatoms. The highest BCUT2D eigenvalue weighted by Gasteiger charge is 2.23. The van der Waals surface area contributed by atoms with Gasteiger partial charge < -0.3 is 10.6 Å². The number of nitrogens with two attached hydrogens (primary N) is 1. The molecule has 0 aromatic heterocycles. The summed E-state index contributed by atoms with van der Waals surface area (Å²) in [6.45, 7) is 3.52. The summed E-state index contributed by atoms with van der Waals surface area (Å²) in [4.78, 5) is 6.94. The number of primary sulfonamides is 1. The van der Waals surface area contributed by atoms with Gasteiger partial charge in [-0.2, -0.15) is 0 Å². The van der Waals surface area contributed by atoms with Gasteiger partial charge in [-0.15, -0.1) is 24.0 Å². The maximum Gasteiger partial charge on any atom is 0.238 e. The van der Waals surface area contributed by atoms with E-state index in [9.17, 15) is 8.42 Å². The first-order chi connectivity index (χ1) is 14.0. The van der Waals surface area contributed by atoms with E-state index in [1.807, 2.05) is 6.07 Å². The molecule has 2 aromatic rings. The molecular formula is C21H30IN5O2S. The van der Waals surface area contributed by atoms with Gasteiger partial charge in [0.05, 0.1) is 10.9 Å². The van der Waals surface area contributed by atoms with E-state index in [1.165, 1.54) is 30.5 Å². The molecule has 1 fully saturated rings. The van der Waals surface area contributed by atoms with Crippen molar-refractivity contribution in [1.82, 2.24) is 15.5 Å². The number of aliphatic imine (C=N–C) groups is 1. The molecule has 1 saturated heterocycles. The Bertz CT molecular complexity index is 914. The van der Waals surface area contributed by atoms with E-state index in [1.54, 1.807) is 19.2 Å². The van der Waals surface area contributed by atoms with Crippen molar-refractivity contribution in [2.45, 2.75) is 30.3 Å². The van der Waals surface area contributed by atoms with E-state index < -0.39 is 10.0 Å². The molecule has 1 atom stereocenters. The topological polar surface area (TPSA) is 99.8 Å². The molecule has 3 rings (SSSR count). The van der Waals surface area contributed by atoms with Crippen molar-refractivity contribution < 1.29 is 8.42 Å². The average molecular weight is 543 g/mol. The van der Waals surface area contributed by atoms with E-state index in [4.69, 9.17) is 5.14 Å². The molecule has 0 radical (unpaired) electrons. The van der Waals surface area contributed by atoms with Gasteiger partial charge in [-0.05, 0) is 49.2 Å². The van der Waals surface area contributed by atoms with Crippen LogP contribution >= 0.6 is 24.0 Å². The highest BCUT2D eigenvalue weighted by Crippen LogP contribution is 2.24. The average Bonchev–Trinajstić information content (AvgIpc) is 3.25. The van der Waals surface area contributed by atoms with Crippen LogP contribution in [0.15, 0.2) is 64.5 Å². The summed E-state index contributed by atoms with van der Waals surface area (Å²) < 4.78 is 22.7. The van der Waals surface area contributed by atoms with Gasteiger partial charge in [-0.1, -0.05) is 42.5 Å². The minimum Gasteiger partial charge on any atom is -0.354 e. The van der Waals surface area contributed by atoms with Crippen LogP contribution in [0.5, 0.6) is 0 Å². The Hall–Kier alpha value is -1.69. The first-order valence-electron chi connectivity index (χ1n) is 9.82. The molecule has 164 valence electrons. The van der Waals surface area contributed by atoms with Crippen molar-refractivity contribution in [3.8, 4) is 0 Å². The lowest BCUT2D eigenvalue weighted by atomic mass is 10.1. The highest BCUT2D eigenvalue weighted by atomic mass is 127. The highest BCUT2D eigenvalue weighted by molar-refractivity contribution is 14.0. The summed E-state index contributed by atoms with van der Waals surface area (Å²) in [5.74, 6) is 0.709. The van der Waals surface area contributed by atoms with Gasteiger partial charge >= 0.3 is 0 Å². The van der Waals surface area contributed by atoms with Gasteiger partial charge in [0.2, 0.25) is 10.0 Å². The monoisotopic (exact) mass is 543 g/mol. The smallest absolute Gasteiger partial charge is 0.238 e. The molecule has 0 spiro atoms. The number of sulfonamides is 1. The summed E-state index contributed by atoms with van der Waals surface area (Å²) in [6.07, 6.45) is 2.48. The molecule has 2 aromatic carbocycles. The molecule has 4 N–H and O–H groups in total. The Morgan fingerprint density at radius 3 is 2.27 bits per heavy atom. The lowest BCUT2D eigenvalue weighted by Gasteiger charge is -2.29. The number of nitrogens with zero attached hydrogens (tertiary/aromatic N) is 2. The van der Waals surface area contributed by atoms with Crippen molar-refractivity contribution in [1.29, 1.82) is 0 Å². The molecule has 7 nitrogen and oxygen atoms in total. The van der Waals surface area contributed by atoms with Gasteiger partial charge in [-0.3, -0.25) is 9.89 Å². The third-order valence-electron chi connectivity index (χ3n) is 5.16. The standard InChI is InChI=1S/C21H29N5O2S.HI/c1-23-21(24-15-17-9-11-19(12-10-17)29(22,27)28)25-16-20(26-13-5-6-14-26)18-7-3-2-4-8-18;/h2-4,7-12,20H,5-6,13-16H2,1H3,(H2,22,27,28)(H2,23,24,25);1H. The first-order valence-corrected chi connectivity index (χ1v) is 11.4. The molecule has 0 saturated carbocycles. The van der Waals surface area contributed by atoms with Crippen molar-refractivity contribution in [2.75, 3.05) is 26.7 Å². The lowest BCUT2D eigenvalue weighted by molar-refractivity contribution is 0.245. The third-order valence-corrected chi connectivity index (χ3v) is 6.09. The number of nitrogens with one attached hydrogen (secondary N) is 2. The quantitative estimate of drug-likeness (QED) is 0.283. The normalized spacial score (nSPS) is 16.0. The van der Waals surface area contributed by atoms with Crippen LogP contribution in [0.4, 0.5) is 0 Å². The Labute approximate surface area is 196 Å². The minimum absolute atomic E-state index is 0. The zero-order chi connectivity index (χ0) is 20.7. The predicted octanol–water partition coefficient (Wildman–Crippen LogP) is 2.45. The molecule has 0 bridgehead atoms. The number of hydrogen-bond acceptors (Lipinski definition) is 4. The third kappa shape index (κ3) is 6.93. The fourth-order valence-corrected chi connectivity index (χ4v) is 4.10. The van der Waals surface area contributed by atoms with E-state index in [0.717, 1.165) is 25.2 Å². The largest absolute Gasteiger partial charge is 0.354 e. The van der Waals surface area contributed by atoms with Crippen molar-refractivity contribution in [3.05, 3.63) is 65.7 Å². The molecule has 30 heavy (non-hydrogen) atoms. The van der Waals surface area contributed by atoms with E-state index in [2.05, 4.69) is 44.8 Å². The second-order valence-corrected chi connectivity index (χ2v) is 8.73. The van der Waals surface area contributed by atoms with Gasteiger partial charge in [0.25, 0.3) is 0 Å². The van der Waals surface area contributed by atoms with Gasteiger partial charge in [0.1, 0.15) is 0 Å². The zero-order valence-electron chi connectivity index (χ0n) is 17.1. The fourth-order valence-electron chi connectivity index (χ4n) is 3.58. The van der Waals surface area contributed by atoms with Crippen LogP contribution in [0.2, 0.25) is 0 Å². The van der Waals surface area contributed by atoms with Gasteiger partial charge in [0, 0.05) is 20.1 Å². The molecule has 1 aliphatic heterocycles. The number of halogens is 1. The summed E-state index contributed by atoms with van der Waals surface area (Å²) >= 11 is 0. The van der Waals surface area contributed by atoms with Crippen LogP contribution in [0, 0.1) is 0 Å². The van der Waals surface area contributed by atoms with Gasteiger partial charge in [-0.25, -0.2) is 13.6 Å². The van der Waals surface area contributed by atoms with Crippen molar-refractivity contribution in [3.63, 3.8) is 0 Å². The lowest BCUT2D eigenvalue weighted by Crippen LogP contribution is -2.42. The number of benzene rings is 2. The number of guanidine groups is 1. The number of likely N-dealkylation sites (tertiary alicyclic amines) is 1. The number of rotatable bonds is 7. The predicted molar refractivity (Wildman–Crippen MR) is 131 cm³/mol. The Morgan fingerprint density at radius 1 is 1.07 bits per heavy atom. The van der Waals surface area contributed by atoms with Gasteiger partial charge in [0.15, 0.2) is 5.96 Å². The van der Waals surface area contributed by atoms with E-state index in [0.29, 0.717) is 18.5 Å². The maximum absolute atomic E-state index is 11.4. The zero-order valence-corrected chi connectivity index (χ0v) is 20.3. The van der Waals surface area contributed by atoms with E-state index in [-0.39, 0.29) is 28.9 Å². The van der Waals surface area contributed by atoms with E-state index >= 15 is 0 Å². The fraction of sp³-hybridized carbons (Fsp3) is 0.381. The van der Waals surface area contributed by atoms with Crippen molar-refractivity contribution in [2.24, 2.45) is 10.1 Å². The number of hydrogen-bond donors (Lipinski definition) is 3. The second-order valence-electron chi connectivity index (χ2n) is 7.17. The van der Waals surface area contributed by atoms with Crippen LogP contribution in [0.3, 0.4) is 0 Å². The maximum atomic E-state index is 11.4. The molecule has 1 aliphatic rings. The van der Waals surface area contributed by atoms with Crippen LogP contribution in [0.25, 0.3) is 0 Å². The first kappa shape index (κ1) is 24.6. The second kappa shape index (κ2) is 11.6. The van der Waals surface area contributed by atoms with Crippen LogP contribution < -0.4 is 15.8 Å². The molecule has 0 amide bonds. The summed E-state index contributed by atoms with van der Waals surface area (Å²) in [5, 5.41) is 11.9. The molecule has 0 aliphatic carbocycles. The Balaban J connectivity index is 0.00000320. The Kier molecular flexibility index (Phi) is 9.53. The summed E-state index contributed by atoms with van der Waals surface area (Å²) in [7, 11) is -1.93. The van der Waals surface area contributed by atoms with Crippen LogP contribution in [-0.4, -0.2) is 46.0 Å². The Morgan fingerprint density at radius 2 is 1.70 bits per heavy atom. The van der Waals surface area contributed by atoms with Crippen molar-refractivity contribution >= 4 is 40.0 Å². The summed E-state index contributed by atoms with van der Waals surface area (Å²) in [6, 6.07) is 17.4. The van der Waals surface area contributed by atoms with Crippen LogP contribution in [-0.2, 0) is 16.6 Å². The SMILES string of the molecule is CN=C(NCc1ccc(S(N)(=O)=O)cc1)NCC(c1ccccc1)N1CCCC1.I. The molecule has 1 unspecified atom stereocenters. The molecular weight excluding hydrogens is 513 g/mol.